The van der Waals surface area contributed by atoms with Crippen LogP contribution >= 0.6 is 15.9 Å². The first-order chi connectivity index (χ1) is 8.82. The molecule has 1 atom stereocenters. The first-order valence-corrected chi connectivity index (χ1v) is 7.08. The van der Waals surface area contributed by atoms with Gasteiger partial charge in [-0.2, -0.15) is 0 Å². The number of nitrogens with two attached hydrogens (primary N) is 1. The number of carbonyl (C=O) groups excluding carboxylic acids is 1. The predicted octanol–water partition coefficient (Wildman–Crippen LogP) is 3.03. The SMILES string of the molecule is CC(C)C(N)CCN(C)C(=O)c1cc(Br)ccc1F. The number of carbonyl (C=O) groups is 1. The Morgan fingerprint density at radius 3 is 2.68 bits per heavy atom. The van der Waals surface area contributed by atoms with E-state index in [1.807, 2.05) is 13.8 Å². The van der Waals surface area contributed by atoms with E-state index in [1.165, 1.54) is 17.0 Å². The first-order valence-electron chi connectivity index (χ1n) is 6.29. The Balaban J connectivity index is 2.69. The molecule has 1 amide bonds. The molecule has 19 heavy (non-hydrogen) atoms. The Morgan fingerprint density at radius 2 is 2.11 bits per heavy atom. The molecule has 0 aromatic heterocycles. The standard InChI is InChI=1S/C14H20BrFN2O/c1-9(2)13(17)6-7-18(3)14(19)11-8-10(15)4-5-12(11)16/h4-5,8-9,13H,6-7,17H2,1-3H3. The zero-order chi connectivity index (χ0) is 14.6. The smallest absolute Gasteiger partial charge is 0.256 e. The molecule has 0 aliphatic heterocycles. The van der Waals surface area contributed by atoms with Gasteiger partial charge in [-0.25, -0.2) is 4.39 Å². The van der Waals surface area contributed by atoms with E-state index < -0.39 is 5.82 Å². The topological polar surface area (TPSA) is 46.3 Å². The molecular formula is C14H20BrFN2O. The van der Waals surface area contributed by atoms with Gasteiger partial charge in [-0.05, 0) is 30.5 Å². The average Bonchev–Trinajstić information content (AvgIpc) is 2.37. The molecule has 2 N–H and O–H groups in total. The lowest BCUT2D eigenvalue weighted by Crippen LogP contribution is -2.35. The number of halogens is 2. The van der Waals surface area contributed by atoms with Gasteiger partial charge < -0.3 is 10.6 Å². The molecule has 0 fully saturated rings. The summed E-state index contributed by atoms with van der Waals surface area (Å²) in [7, 11) is 1.66. The van der Waals surface area contributed by atoms with Crippen LogP contribution in [0.2, 0.25) is 0 Å². The fourth-order valence-electron chi connectivity index (χ4n) is 1.64. The van der Waals surface area contributed by atoms with Crippen molar-refractivity contribution < 1.29 is 9.18 Å². The second kappa shape index (κ2) is 7.01. The molecule has 1 aromatic carbocycles. The Labute approximate surface area is 122 Å². The van der Waals surface area contributed by atoms with E-state index in [2.05, 4.69) is 15.9 Å². The van der Waals surface area contributed by atoms with Crippen molar-refractivity contribution in [2.45, 2.75) is 26.3 Å². The van der Waals surface area contributed by atoms with Crippen LogP contribution in [0.1, 0.15) is 30.6 Å². The molecule has 1 aromatic rings. The van der Waals surface area contributed by atoms with Crippen molar-refractivity contribution in [2.75, 3.05) is 13.6 Å². The molecule has 1 unspecified atom stereocenters. The second-order valence-electron chi connectivity index (χ2n) is 5.05. The van der Waals surface area contributed by atoms with Crippen LogP contribution in [0.5, 0.6) is 0 Å². The van der Waals surface area contributed by atoms with Gasteiger partial charge in [0.25, 0.3) is 5.91 Å². The Bertz CT molecular complexity index is 451. The molecule has 0 aliphatic rings. The van der Waals surface area contributed by atoms with Gasteiger partial charge in [-0.3, -0.25) is 4.79 Å². The van der Waals surface area contributed by atoms with Gasteiger partial charge in [-0.1, -0.05) is 29.8 Å². The number of nitrogens with zero attached hydrogens (tertiary/aromatic N) is 1. The van der Waals surface area contributed by atoms with Crippen LogP contribution in [-0.4, -0.2) is 30.4 Å². The lowest BCUT2D eigenvalue weighted by molar-refractivity contribution is 0.0784. The highest BCUT2D eigenvalue weighted by atomic mass is 79.9. The van der Waals surface area contributed by atoms with Gasteiger partial charge in [-0.15, -0.1) is 0 Å². The Kier molecular flexibility index (Phi) is 5.94. The average molecular weight is 331 g/mol. The van der Waals surface area contributed by atoms with Crippen LogP contribution in [0.25, 0.3) is 0 Å². The van der Waals surface area contributed by atoms with Crippen LogP contribution in [0.4, 0.5) is 4.39 Å². The lowest BCUT2D eigenvalue weighted by atomic mass is 10.0. The summed E-state index contributed by atoms with van der Waals surface area (Å²) in [6, 6.07) is 4.39. The molecule has 0 spiro atoms. The fraction of sp³-hybridized carbons (Fsp3) is 0.500. The lowest BCUT2D eigenvalue weighted by Gasteiger charge is -2.21. The van der Waals surface area contributed by atoms with Crippen LogP contribution in [0, 0.1) is 11.7 Å². The maximum Gasteiger partial charge on any atom is 0.256 e. The maximum atomic E-state index is 13.6. The molecule has 106 valence electrons. The van der Waals surface area contributed by atoms with Crippen molar-refractivity contribution in [2.24, 2.45) is 11.7 Å². The van der Waals surface area contributed by atoms with E-state index in [-0.39, 0.29) is 17.5 Å². The first kappa shape index (κ1) is 16.1. The molecule has 0 saturated carbocycles. The van der Waals surface area contributed by atoms with E-state index in [1.54, 1.807) is 13.1 Å². The molecule has 0 bridgehead atoms. The second-order valence-corrected chi connectivity index (χ2v) is 5.96. The van der Waals surface area contributed by atoms with Gasteiger partial charge in [0, 0.05) is 24.1 Å². The largest absolute Gasteiger partial charge is 0.342 e. The number of hydrogen-bond acceptors (Lipinski definition) is 2. The number of hydrogen-bond donors (Lipinski definition) is 1. The van der Waals surface area contributed by atoms with Crippen molar-refractivity contribution in [1.82, 2.24) is 4.90 Å². The third-order valence-corrected chi connectivity index (χ3v) is 3.65. The maximum absolute atomic E-state index is 13.6. The summed E-state index contributed by atoms with van der Waals surface area (Å²) in [5, 5.41) is 0. The van der Waals surface area contributed by atoms with Crippen LogP contribution < -0.4 is 5.73 Å². The highest BCUT2D eigenvalue weighted by molar-refractivity contribution is 9.10. The minimum atomic E-state index is -0.506. The third kappa shape index (κ3) is 4.58. The quantitative estimate of drug-likeness (QED) is 0.901. The van der Waals surface area contributed by atoms with Crippen LogP contribution in [-0.2, 0) is 0 Å². The molecule has 5 heteroatoms. The summed E-state index contributed by atoms with van der Waals surface area (Å²) in [5.74, 6) is -0.464. The number of amides is 1. The molecule has 0 saturated heterocycles. The van der Waals surface area contributed by atoms with Crippen molar-refractivity contribution in [3.63, 3.8) is 0 Å². The van der Waals surface area contributed by atoms with Gasteiger partial charge in [0.15, 0.2) is 0 Å². The van der Waals surface area contributed by atoms with E-state index in [0.29, 0.717) is 23.4 Å². The monoisotopic (exact) mass is 330 g/mol. The zero-order valence-corrected chi connectivity index (χ0v) is 13.1. The summed E-state index contributed by atoms with van der Waals surface area (Å²) in [6.45, 7) is 4.60. The fourth-order valence-corrected chi connectivity index (χ4v) is 2.01. The summed E-state index contributed by atoms with van der Waals surface area (Å²) >= 11 is 3.24. The zero-order valence-electron chi connectivity index (χ0n) is 11.5. The van der Waals surface area contributed by atoms with Gasteiger partial charge >= 0.3 is 0 Å². The van der Waals surface area contributed by atoms with Gasteiger partial charge in [0.1, 0.15) is 5.82 Å². The van der Waals surface area contributed by atoms with E-state index in [9.17, 15) is 9.18 Å². The Morgan fingerprint density at radius 1 is 1.47 bits per heavy atom. The molecular weight excluding hydrogens is 311 g/mol. The van der Waals surface area contributed by atoms with Gasteiger partial charge in [0.2, 0.25) is 0 Å². The van der Waals surface area contributed by atoms with Crippen molar-refractivity contribution in [3.05, 3.63) is 34.1 Å². The van der Waals surface area contributed by atoms with E-state index in [4.69, 9.17) is 5.73 Å². The summed E-state index contributed by atoms with van der Waals surface area (Å²) in [4.78, 5) is 13.6. The predicted molar refractivity (Wildman–Crippen MR) is 78.5 cm³/mol. The summed E-state index contributed by atoms with van der Waals surface area (Å²) in [6.07, 6.45) is 0.704. The van der Waals surface area contributed by atoms with Gasteiger partial charge in [0.05, 0.1) is 5.56 Å². The highest BCUT2D eigenvalue weighted by Crippen LogP contribution is 2.17. The summed E-state index contributed by atoms with van der Waals surface area (Å²) in [5.41, 5.74) is 6.02. The van der Waals surface area contributed by atoms with Crippen LogP contribution in [0.15, 0.2) is 22.7 Å². The van der Waals surface area contributed by atoms with E-state index >= 15 is 0 Å². The van der Waals surface area contributed by atoms with Crippen LogP contribution in [0.3, 0.4) is 0 Å². The number of benzene rings is 1. The molecule has 3 nitrogen and oxygen atoms in total. The minimum absolute atomic E-state index is 0.0441. The van der Waals surface area contributed by atoms with E-state index in [0.717, 1.165) is 0 Å². The highest BCUT2D eigenvalue weighted by Gasteiger charge is 2.17. The molecule has 0 heterocycles. The van der Waals surface area contributed by atoms with Crippen molar-refractivity contribution >= 4 is 21.8 Å². The minimum Gasteiger partial charge on any atom is -0.342 e. The van der Waals surface area contributed by atoms with Crippen molar-refractivity contribution in [1.29, 1.82) is 0 Å². The summed E-state index contributed by atoms with van der Waals surface area (Å²) < 4.78 is 14.3. The molecule has 0 aliphatic carbocycles. The Hall–Kier alpha value is -0.940. The van der Waals surface area contributed by atoms with Crippen molar-refractivity contribution in [3.8, 4) is 0 Å². The normalized spacial score (nSPS) is 12.6. The molecule has 1 rings (SSSR count). The number of rotatable bonds is 5. The molecule has 0 radical (unpaired) electrons. The third-order valence-electron chi connectivity index (χ3n) is 3.16.